The third-order valence-corrected chi connectivity index (χ3v) is 3.30. The lowest BCUT2D eigenvalue weighted by Gasteiger charge is -2.12. The van der Waals surface area contributed by atoms with Crippen LogP contribution in [-0.2, 0) is 9.59 Å². The quantitative estimate of drug-likeness (QED) is 0.467. The molecule has 136 valence electrons. The highest BCUT2D eigenvalue weighted by Gasteiger charge is 2.14. The van der Waals surface area contributed by atoms with Crippen LogP contribution in [0.15, 0.2) is 47.6 Å². The minimum atomic E-state index is -0.891. The van der Waals surface area contributed by atoms with Crippen molar-refractivity contribution in [1.82, 2.24) is 5.43 Å². The van der Waals surface area contributed by atoms with Crippen LogP contribution in [0.2, 0.25) is 0 Å². The molecular formula is C18H19N3O5. The van der Waals surface area contributed by atoms with Gasteiger partial charge in [0.1, 0.15) is 0 Å². The van der Waals surface area contributed by atoms with E-state index in [1.165, 1.54) is 27.5 Å². The fourth-order valence-electron chi connectivity index (χ4n) is 2.10. The predicted octanol–water partition coefficient (Wildman–Crippen LogP) is 1.80. The zero-order chi connectivity index (χ0) is 18.9. The van der Waals surface area contributed by atoms with Crippen LogP contribution in [0.3, 0.4) is 0 Å². The summed E-state index contributed by atoms with van der Waals surface area (Å²) in [4.78, 5) is 23.6. The molecule has 0 aliphatic rings. The standard InChI is InChI=1S/C18H19N3O5/c1-24-14-9-12(10-15(25-2)16(14)26-3)11-19-21-18(23)17(22)20-13-7-5-4-6-8-13/h4-11H,1-3H3,(H,20,22)(H,21,23)/b19-11-. The van der Waals surface area contributed by atoms with E-state index in [1.54, 1.807) is 42.5 Å². The highest BCUT2D eigenvalue weighted by atomic mass is 16.5. The van der Waals surface area contributed by atoms with Crippen molar-refractivity contribution in [3.05, 3.63) is 48.0 Å². The lowest BCUT2D eigenvalue weighted by molar-refractivity contribution is -0.136. The molecule has 8 nitrogen and oxygen atoms in total. The Hall–Kier alpha value is -3.55. The van der Waals surface area contributed by atoms with Crippen molar-refractivity contribution in [1.29, 1.82) is 0 Å². The summed E-state index contributed by atoms with van der Waals surface area (Å²) in [5.41, 5.74) is 3.26. The van der Waals surface area contributed by atoms with Crippen LogP contribution in [0, 0.1) is 0 Å². The second-order valence-corrected chi connectivity index (χ2v) is 4.98. The Bertz CT molecular complexity index is 781. The first-order valence-corrected chi connectivity index (χ1v) is 7.58. The van der Waals surface area contributed by atoms with Crippen LogP contribution in [0.1, 0.15) is 5.56 Å². The topological polar surface area (TPSA) is 98.2 Å². The van der Waals surface area contributed by atoms with E-state index in [4.69, 9.17) is 14.2 Å². The van der Waals surface area contributed by atoms with Crippen molar-refractivity contribution in [2.24, 2.45) is 5.10 Å². The highest BCUT2D eigenvalue weighted by molar-refractivity contribution is 6.39. The lowest BCUT2D eigenvalue weighted by Crippen LogP contribution is -2.32. The summed E-state index contributed by atoms with van der Waals surface area (Å²) in [7, 11) is 4.49. The molecule has 0 atom stereocenters. The van der Waals surface area contributed by atoms with Gasteiger partial charge in [-0.15, -0.1) is 0 Å². The maximum Gasteiger partial charge on any atom is 0.329 e. The highest BCUT2D eigenvalue weighted by Crippen LogP contribution is 2.37. The van der Waals surface area contributed by atoms with Gasteiger partial charge in [-0.1, -0.05) is 18.2 Å². The van der Waals surface area contributed by atoms with E-state index in [-0.39, 0.29) is 0 Å². The van der Waals surface area contributed by atoms with Gasteiger partial charge in [-0.25, -0.2) is 5.43 Å². The predicted molar refractivity (Wildman–Crippen MR) is 96.9 cm³/mol. The summed E-state index contributed by atoms with van der Waals surface area (Å²) in [5.74, 6) is -0.378. The van der Waals surface area contributed by atoms with E-state index in [2.05, 4.69) is 15.8 Å². The molecule has 0 aromatic heterocycles. The third kappa shape index (κ3) is 4.73. The molecule has 0 heterocycles. The smallest absolute Gasteiger partial charge is 0.329 e. The number of hydrogen-bond donors (Lipinski definition) is 2. The molecule has 0 saturated heterocycles. The zero-order valence-corrected chi connectivity index (χ0v) is 14.6. The van der Waals surface area contributed by atoms with Gasteiger partial charge in [-0.2, -0.15) is 5.10 Å². The van der Waals surface area contributed by atoms with Crippen LogP contribution in [0.5, 0.6) is 17.2 Å². The van der Waals surface area contributed by atoms with E-state index >= 15 is 0 Å². The van der Waals surface area contributed by atoms with Gasteiger partial charge in [0.2, 0.25) is 5.75 Å². The molecule has 0 unspecified atom stereocenters. The molecule has 2 N–H and O–H groups in total. The summed E-state index contributed by atoms with van der Waals surface area (Å²) < 4.78 is 15.7. The average molecular weight is 357 g/mol. The van der Waals surface area contributed by atoms with Crippen LogP contribution < -0.4 is 25.0 Å². The average Bonchev–Trinajstić information content (AvgIpc) is 2.67. The van der Waals surface area contributed by atoms with E-state index in [0.29, 0.717) is 28.5 Å². The summed E-state index contributed by atoms with van der Waals surface area (Å²) in [6.45, 7) is 0. The molecule has 2 aromatic carbocycles. The Morgan fingerprint density at radius 2 is 1.54 bits per heavy atom. The number of amides is 2. The second-order valence-electron chi connectivity index (χ2n) is 4.98. The van der Waals surface area contributed by atoms with Crippen molar-refractivity contribution >= 4 is 23.7 Å². The molecule has 8 heteroatoms. The minimum Gasteiger partial charge on any atom is -0.493 e. The number of hydrazone groups is 1. The van der Waals surface area contributed by atoms with Crippen LogP contribution in [-0.4, -0.2) is 39.4 Å². The van der Waals surface area contributed by atoms with Crippen LogP contribution >= 0.6 is 0 Å². The fraction of sp³-hybridized carbons (Fsp3) is 0.167. The molecule has 2 amide bonds. The van der Waals surface area contributed by atoms with Gasteiger partial charge in [-0.05, 0) is 24.3 Å². The second kappa shape index (κ2) is 9.07. The number of methoxy groups -OCH3 is 3. The Balaban J connectivity index is 2.03. The minimum absolute atomic E-state index is 0.443. The van der Waals surface area contributed by atoms with Gasteiger partial charge in [0.05, 0.1) is 27.5 Å². The largest absolute Gasteiger partial charge is 0.493 e. The van der Waals surface area contributed by atoms with E-state index < -0.39 is 11.8 Å². The van der Waals surface area contributed by atoms with Gasteiger partial charge in [0, 0.05) is 11.3 Å². The molecule has 26 heavy (non-hydrogen) atoms. The third-order valence-electron chi connectivity index (χ3n) is 3.30. The number of hydrogen-bond acceptors (Lipinski definition) is 6. The fourth-order valence-corrected chi connectivity index (χ4v) is 2.10. The molecular weight excluding hydrogens is 338 g/mol. The van der Waals surface area contributed by atoms with Crippen LogP contribution in [0.25, 0.3) is 0 Å². The normalized spacial score (nSPS) is 10.3. The van der Waals surface area contributed by atoms with Crippen molar-refractivity contribution in [2.45, 2.75) is 0 Å². The summed E-state index contributed by atoms with van der Waals surface area (Å²) in [5, 5.41) is 6.23. The van der Waals surface area contributed by atoms with Crippen LogP contribution in [0.4, 0.5) is 5.69 Å². The number of carbonyl (C=O) groups is 2. The number of para-hydroxylation sites is 1. The molecule has 2 aromatic rings. The summed E-state index contributed by atoms with van der Waals surface area (Å²) in [6.07, 6.45) is 1.36. The number of rotatable bonds is 6. The van der Waals surface area contributed by atoms with E-state index in [0.717, 1.165) is 0 Å². The molecule has 2 rings (SSSR count). The maximum atomic E-state index is 11.8. The first kappa shape index (κ1) is 18.8. The lowest BCUT2D eigenvalue weighted by atomic mass is 10.2. The number of benzene rings is 2. The molecule has 0 bridgehead atoms. The Kier molecular flexibility index (Phi) is 6.55. The number of nitrogens with one attached hydrogen (secondary N) is 2. The number of nitrogens with zero attached hydrogens (tertiary/aromatic N) is 1. The van der Waals surface area contributed by atoms with Gasteiger partial charge < -0.3 is 19.5 Å². The Morgan fingerprint density at radius 1 is 0.923 bits per heavy atom. The maximum absolute atomic E-state index is 11.8. The molecule has 0 aliphatic heterocycles. The van der Waals surface area contributed by atoms with Crippen molar-refractivity contribution in [3.8, 4) is 17.2 Å². The molecule has 0 aliphatic carbocycles. The van der Waals surface area contributed by atoms with Gasteiger partial charge >= 0.3 is 11.8 Å². The van der Waals surface area contributed by atoms with Gasteiger partial charge in [0.25, 0.3) is 0 Å². The summed E-state index contributed by atoms with van der Waals surface area (Å²) >= 11 is 0. The summed E-state index contributed by atoms with van der Waals surface area (Å²) in [6, 6.07) is 11.9. The Morgan fingerprint density at radius 3 is 2.08 bits per heavy atom. The van der Waals surface area contributed by atoms with Gasteiger partial charge in [-0.3, -0.25) is 9.59 Å². The first-order valence-electron chi connectivity index (χ1n) is 7.58. The van der Waals surface area contributed by atoms with Crippen molar-refractivity contribution in [2.75, 3.05) is 26.6 Å². The molecule has 0 spiro atoms. The number of ether oxygens (including phenoxy) is 3. The van der Waals surface area contributed by atoms with Gasteiger partial charge in [0.15, 0.2) is 11.5 Å². The molecule has 0 radical (unpaired) electrons. The van der Waals surface area contributed by atoms with Crippen molar-refractivity contribution in [3.63, 3.8) is 0 Å². The molecule has 0 fully saturated rings. The Labute approximate surface area is 150 Å². The van der Waals surface area contributed by atoms with Crippen molar-refractivity contribution < 1.29 is 23.8 Å². The zero-order valence-electron chi connectivity index (χ0n) is 14.6. The van der Waals surface area contributed by atoms with E-state index in [9.17, 15) is 9.59 Å². The first-order chi connectivity index (χ1) is 12.6. The number of anilines is 1. The monoisotopic (exact) mass is 357 g/mol. The molecule has 0 saturated carbocycles. The van der Waals surface area contributed by atoms with E-state index in [1.807, 2.05) is 0 Å². The number of carbonyl (C=O) groups excluding carboxylic acids is 2. The SMILES string of the molecule is COc1cc(/C=N\NC(=O)C(=O)Nc2ccccc2)cc(OC)c1OC.